The van der Waals surface area contributed by atoms with Crippen LogP contribution in [0.1, 0.15) is 16.1 Å². The maximum absolute atomic E-state index is 13.7. The average Bonchev–Trinajstić information content (AvgIpc) is 2.83. The van der Waals surface area contributed by atoms with Gasteiger partial charge in [-0.1, -0.05) is 6.07 Å². The highest BCUT2D eigenvalue weighted by Crippen LogP contribution is 2.25. The van der Waals surface area contributed by atoms with Crippen molar-refractivity contribution in [3.8, 4) is 5.75 Å². The molecule has 3 aromatic rings. The molecule has 1 aromatic heterocycles. The number of amides is 1. The van der Waals surface area contributed by atoms with Crippen LogP contribution in [0.3, 0.4) is 0 Å². The summed E-state index contributed by atoms with van der Waals surface area (Å²) in [5.74, 6) is -2.33. The Bertz CT molecular complexity index is 1310. The van der Waals surface area contributed by atoms with Crippen LogP contribution >= 0.6 is 12.2 Å². The Morgan fingerprint density at radius 3 is 2.56 bits per heavy atom. The van der Waals surface area contributed by atoms with E-state index in [9.17, 15) is 22.0 Å². The van der Waals surface area contributed by atoms with Gasteiger partial charge in [-0.15, -0.1) is 0 Å². The number of thiocarbonyl (C=S) groups is 1. The van der Waals surface area contributed by atoms with E-state index in [0.717, 1.165) is 18.2 Å². The fraction of sp³-hybridized carbons (Fsp3) is 0.0952. The molecule has 3 rings (SSSR count). The minimum absolute atomic E-state index is 0.0257. The summed E-state index contributed by atoms with van der Waals surface area (Å²) >= 11 is 4.97. The maximum atomic E-state index is 13.7. The lowest BCUT2D eigenvalue weighted by molar-refractivity contribution is 0.0944. The summed E-state index contributed by atoms with van der Waals surface area (Å²) in [6.07, 6.45) is 1.53. The zero-order chi connectivity index (χ0) is 24.7. The van der Waals surface area contributed by atoms with E-state index in [4.69, 9.17) is 17.0 Å². The Morgan fingerprint density at radius 2 is 1.88 bits per heavy atom. The van der Waals surface area contributed by atoms with E-state index in [-0.39, 0.29) is 33.6 Å². The predicted octanol–water partition coefficient (Wildman–Crippen LogP) is 2.48. The quantitative estimate of drug-likeness (QED) is 0.284. The van der Waals surface area contributed by atoms with Crippen LogP contribution in [0.25, 0.3) is 0 Å². The van der Waals surface area contributed by atoms with Crippen molar-refractivity contribution in [3.63, 3.8) is 0 Å². The second kappa shape index (κ2) is 11.0. The van der Waals surface area contributed by atoms with E-state index in [1.807, 2.05) is 0 Å². The molecule has 0 fully saturated rings. The summed E-state index contributed by atoms with van der Waals surface area (Å²) in [6.45, 7) is -0.0653. The van der Waals surface area contributed by atoms with Gasteiger partial charge in [0, 0.05) is 17.8 Å². The molecule has 1 amide bonds. The monoisotopic (exact) mass is 507 g/mol. The summed E-state index contributed by atoms with van der Waals surface area (Å²) in [5.41, 5.74) is 5.00. The molecule has 0 aliphatic rings. The van der Waals surface area contributed by atoms with E-state index in [0.29, 0.717) is 11.8 Å². The van der Waals surface area contributed by atoms with Crippen molar-refractivity contribution >= 4 is 38.9 Å². The summed E-state index contributed by atoms with van der Waals surface area (Å²) < 4.78 is 59.9. The van der Waals surface area contributed by atoms with Crippen LogP contribution in [0.2, 0.25) is 0 Å². The molecule has 0 atom stereocenters. The third-order valence-corrected chi connectivity index (χ3v) is 5.98. The first-order valence-electron chi connectivity index (χ1n) is 9.59. The van der Waals surface area contributed by atoms with Crippen LogP contribution in [0.5, 0.6) is 5.75 Å². The average molecular weight is 508 g/mol. The van der Waals surface area contributed by atoms with Crippen molar-refractivity contribution in [2.24, 2.45) is 0 Å². The van der Waals surface area contributed by atoms with Gasteiger partial charge >= 0.3 is 0 Å². The van der Waals surface area contributed by atoms with Crippen LogP contribution in [0, 0.1) is 11.6 Å². The number of nitrogens with zero attached hydrogens (tertiary/aromatic N) is 1. The number of benzene rings is 2. The lowest BCUT2D eigenvalue weighted by atomic mass is 10.2. The first kappa shape index (κ1) is 25.0. The van der Waals surface area contributed by atoms with Crippen molar-refractivity contribution < 1.29 is 26.7 Å². The molecule has 4 N–H and O–H groups in total. The fourth-order valence-corrected chi connectivity index (χ4v) is 4.06. The number of sulfonamides is 1. The van der Waals surface area contributed by atoms with E-state index in [1.165, 1.54) is 25.4 Å². The zero-order valence-corrected chi connectivity index (χ0v) is 19.3. The predicted molar refractivity (Wildman–Crippen MR) is 124 cm³/mol. The van der Waals surface area contributed by atoms with Gasteiger partial charge in [-0.2, -0.15) is 0 Å². The smallest absolute Gasteiger partial charge is 0.269 e. The molecular formula is C21H19F2N5O4S2. The van der Waals surface area contributed by atoms with E-state index < -0.39 is 27.6 Å². The van der Waals surface area contributed by atoms with Gasteiger partial charge in [0.25, 0.3) is 5.91 Å². The number of hydrogen-bond donors (Lipinski definition) is 4. The van der Waals surface area contributed by atoms with E-state index in [1.54, 1.807) is 18.2 Å². The summed E-state index contributed by atoms with van der Waals surface area (Å²) in [4.78, 5) is 16.3. The SMILES string of the molecule is COc1ccc(C(=O)NNC(=S)Nc2ccc(F)cc2F)cc1S(=O)(=O)NCc1ccccn1. The standard InChI is InChI=1S/C21H19F2N5O4S2/c1-32-18-8-5-13(10-19(18)34(30,31)25-12-15-4-2-3-9-24-15)20(29)27-28-21(33)26-17-7-6-14(22)11-16(17)23/h2-11,25H,12H2,1H3,(H,27,29)(H2,26,28,33). The van der Waals surface area contributed by atoms with Crippen molar-refractivity contribution in [3.05, 3.63) is 83.7 Å². The molecule has 0 aliphatic carbocycles. The lowest BCUT2D eigenvalue weighted by Crippen LogP contribution is -2.43. The third kappa shape index (κ3) is 6.43. The second-order valence-corrected chi connectivity index (χ2v) is 8.81. The Hall–Kier alpha value is -3.68. The summed E-state index contributed by atoms with van der Waals surface area (Å²) in [5, 5.41) is 2.28. The topological polar surface area (TPSA) is 121 Å². The molecule has 0 bridgehead atoms. The van der Waals surface area contributed by atoms with Crippen molar-refractivity contribution in [1.82, 2.24) is 20.6 Å². The van der Waals surface area contributed by atoms with Crippen molar-refractivity contribution in [2.75, 3.05) is 12.4 Å². The van der Waals surface area contributed by atoms with Gasteiger partial charge in [0.1, 0.15) is 22.3 Å². The Kier molecular flexibility index (Phi) is 8.04. The number of hydrogen-bond acceptors (Lipinski definition) is 6. The number of pyridine rings is 1. The third-order valence-electron chi connectivity index (χ3n) is 4.35. The minimum atomic E-state index is -4.06. The number of halogens is 2. The number of carbonyl (C=O) groups is 1. The lowest BCUT2D eigenvalue weighted by Gasteiger charge is -2.14. The number of rotatable bonds is 7. The van der Waals surface area contributed by atoms with Crippen LogP contribution in [0.15, 0.2) is 65.7 Å². The molecule has 0 unspecified atom stereocenters. The Balaban J connectivity index is 1.68. The highest BCUT2D eigenvalue weighted by atomic mass is 32.2. The molecule has 1 heterocycles. The first-order chi connectivity index (χ1) is 16.2. The van der Waals surface area contributed by atoms with Gasteiger partial charge in [-0.25, -0.2) is 21.9 Å². The van der Waals surface area contributed by atoms with Gasteiger partial charge in [-0.3, -0.25) is 20.6 Å². The number of hydrazine groups is 1. The van der Waals surface area contributed by atoms with Crippen LogP contribution < -0.4 is 25.6 Å². The molecule has 178 valence electrons. The first-order valence-corrected chi connectivity index (χ1v) is 11.5. The van der Waals surface area contributed by atoms with Crippen LogP contribution in [-0.2, 0) is 16.6 Å². The molecule has 0 saturated carbocycles. The largest absolute Gasteiger partial charge is 0.495 e. The molecule has 34 heavy (non-hydrogen) atoms. The minimum Gasteiger partial charge on any atom is -0.495 e. The summed E-state index contributed by atoms with van der Waals surface area (Å²) in [6, 6.07) is 11.7. The van der Waals surface area contributed by atoms with E-state index >= 15 is 0 Å². The molecule has 0 aliphatic heterocycles. The number of anilines is 1. The maximum Gasteiger partial charge on any atom is 0.269 e. The number of aromatic nitrogens is 1. The molecule has 2 aromatic carbocycles. The Morgan fingerprint density at radius 1 is 1.09 bits per heavy atom. The van der Waals surface area contributed by atoms with Crippen molar-refractivity contribution in [2.45, 2.75) is 11.4 Å². The van der Waals surface area contributed by atoms with Crippen LogP contribution in [-0.4, -0.2) is 31.5 Å². The van der Waals surface area contributed by atoms with Crippen LogP contribution in [0.4, 0.5) is 14.5 Å². The van der Waals surface area contributed by atoms with Gasteiger partial charge < -0.3 is 10.1 Å². The van der Waals surface area contributed by atoms with Gasteiger partial charge in [0.05, 0.1) is 25.0 Å². The fourth-order valence-electron chi connectivity index (χ4n) is 2.71. The molecule has 0 radical (unpaired) electrons. The molecule has 0 spiro atoms. The van der Waals surface area contributed by atoms with E-state index in [2.05, 4.69) is 25.9 Å². The highest BCUT2D eigenvalue weighted by molar-refractivity contribution is 7.89. The normalized spacial score (nSPS) is 10.9. The van der Waals surface area contributed by atoms with Gasteiger partial charge in [0.2, 0.25) is 10.0 Å². The zero-order valence-electron chi connectivity index (χ0n) is 17.6. The molecular weight excluding hydrogens is 488 g/mol. The van der Waals surface area contributed by atoms with Gasteiger partial charge in [0.15, 0.2) is 5.11 Å². The number of methoxy groups -OCH3 is 1. The highest BCUT2D eigenvalue weighted by Gasteiger charge is 2.22. The number of nitrogens with one attached hydrogen (secondary N) is 4. The molecule has 0 saturated heterocycles. The second-order valence-electron chi connectivity index (χ2n) is 6.67. The molecule has 13 heteroatoms. The number of carbonyl (C=O) groups excluding carboxylic acids is 1. The van der Waals surface area contributed by atoms with Crippen molar-refractivity contribution in [1.29, 1.82) is 0 Å². The van der Waals surface area contributed by atoms with Gasteiger partial charge in [-0.05, 0) is 54.7 Å². The summed E-state index contributed by atoms with van der Waals surface area (Å²) in [7, 11) is -2.76. The number of ether oxygens (including phenoxy) is 1. The molecule has 9 nitrogen and oxygen atoms in total. The Labute approximate surface area is 199 Å².